The highest BCUT2D eigenvalue weighted by Gasteiger charge is 2.33. The number of aryl methyl sites for hydroxylation is 2. The van der Waals surface area contributed by atoms with Crippen LogP contribution in [0.2, 0.25) is 0 Å². The van der Waals surface area contributed by atoms with Gasteiger partial charge in [-0.25, -0.2) is 4.98 Å². The first kappa shape index (κ1) is 20.4. The molecule has 0 bridgehead atoms. The summed E-state index contributed by atoms with van der Waals surface area (Å²) in [5.74, 6) is 0.702. The van der Waals surface area contributed by atoms with Crippen molar-refractivity contribution in [3.8, 4) is 0 Å². The molecule has 1 aromatic carbocycles. The minimum absolute atomic E-state index is 0.197. The van der Waals surface area contributed by atoms with E-state index >= 15 is 0 Å². The predicted octanol–water partition coefficient (Wildman–Crippen LogP) is 2.59. The molecule has 32 heavy (non-hydrogen) atoms. The van der Waals surface area contributed by atoms with Gasteiger partial charge >= 0.3 is 0 Å². The molecular weight excluding hydrogens is 404 g/mol. The normalized spacial score (nSPS) is 15.9. The number of benzene rings is 1. The van der Waals surface area contributed by atoms with Gasteiger partial charge in [0.1, 0.15) is 5.82 Å². The fraction of sp³-hybridized carbons (Fsp3) is 0.333. The maximum Gasteiger partial charge on any atom is 0.251 e. The van der Waals surface area contributed by atoms with Crippen molar-refractivity contribution in [2.75, 3.05) is 24.5 Å². The van der Waals surface area contributed by atoms with Crippen molar-refractivity contribution in [2.45, 2.75) is 25.4 Å². The van der Waals surface area contributed by atoms with Crippen LogP contribution in [0.15, 0.2) is 48.9 Å². The van der Waals surface area contributed by atoms with Crippen LogP contribution in [-0.4, -0.2) is 55.8 Å². The largest absolute Gasteiger partial charge is 0.388 e. The van der Waals surface area contributed by atoms with Gasteiger partial charge in [0, 0.05) is 61.9 Å². The maximum absolute atomic E-state index is 12.7. The SMILES string of the molecule is Cc1nc2cc(C(=O)NCC3(O)CCN(c4ccnc5ccncc45)CC3)ccc2n1C. The third-order valence-electron chi connectivity index (χ3n) is 6.50. The summed E-state index contributed by atoms with van der Waals surface area (Å²) in [6.07, 6.45) is 6.51. The number of hydrogen-bond acceptors (Lipinski definition) is 6. The Kier molecular flexibility index (Phi) is 5.01. The molecule has 1 fully saturated rings. The number of imidazole rings is 1. The average molecular weight is 431 g/mol. The van der Waals surface area contributed by atoms with Gasteiger partial charge in [0.15, 0.2) is 0 Å². The van der Waals surface area contributed by atoms with Gasteiger partial charge in [0.05, 0.1) is 22.2 Å². The summed E-state index contributed by atoms with van der Waals surface area (Å²) in [4.78, 5) is 28.1. The lowest BCUT2D eigenvalue weighted by atomic mass is 9.90. The number of anilines is 1. The van der Waals surface area contributed by atoms with Crippen LogP contribution in [0.5, 0.6) is 0 Å². The van der Waals surface area contributed by atoms with Crippen molar-refractivity contribution in [3.63, 3.8) is 0 Å². The number of nitrogens with zero attached hydrogens (tertiary/aromatic N) is 5. The lowest BCUT2D eigenvalue weighted by Crippen LogP contribution is -2.51. The van der Waals surface area contributed by atoms with Crippen molar-refractivity contribution in [1.29, 1.82) is 0 Å². The highest BCUT2D eigenvalue weighted by atomic mass is 16.3. The monoisotopic (exact) mass is 430 g/mol. The minimum atomic E-state index is -0.932. The smallest absolute Gasteiger partial charge is 0.251 e. The van der Waals surface area contributed by atoms with Gasteiger partial charge in [0.25, 0.3) is 5.91 Å². The fourth-order valence-corrected chi connectivity index (χ4v) is 4.40. The van der Waals surface area contributed by atoms with Gasteiger partial charge in [-0.05, 0) is 50.1 Å². The zero-order chi connectivity index (χ0) is 22.3. The van der Waals surface area contributed by atoms with Gasteiger partial charge in [-0.3, -0.25) is 14.8 Å². The molecule has 4 aromatic rings. The van der Waals surface area contributed by atoms with E-state index in [1.165, 1.54) is 0 Å². The van der Waals surface area contributed by atoms with Crippen LogP contribution in [0, 0.1) is 6.92 Å². The summed E-state index contributed by atoms with van der Waals surface area (Å²) in [5.41, 5.74) is 3.39. The molecule has 0 saturated carbocycles. The Labute approximate surface area is 185 Å². The van der Waals surface area contributed by atoms with Crippen LogP contribution in [0.4, 0.5) is 5.69 Å². The van der Waals surface area contributed by atoms with E-state index in [0.717, 1.165) is 33.4 Å². The first-order valence-corrected chi connectivity index (χ1v) is 10.8. The van der Waals surface area contributed by atoms with E-state index in [-0.39, 0.29) is 12.5 Å². The van der Waals surface area contributed by atoms with E-state index in [0.29, 0.717) is 31.5 Å². The third kappa shape index (κ3) is 3.67. The Morgan fingerprint density at radius 2 is 1.97 bits per heavy atom. The number of hydrogen-bond donors (Lipinski definition) is 2. The van der Waals surface area contributed by atoms with Gasteiger partial charge in [0.2, 0.25) is 0 Å². The zero-order valence-electron chi connectivity index (χ0n) is 18.2. The Balaban J connectivity index is 1.24. The Hall–Kier alpha value is -3.52. The van der Waals surface area contributed by atoms with E-state index in [9.17, 15) is 9.90 Å². The fourth-order valence-electron chi connectivity index (χ4n) is 4.40. The average Bonchev–Trinajstić information content (AvgIpc) is 3.10. The number of amides is 1. The second kappa shape index (κ2) is 7.87. The van der Waals surface area contributed by atoms with Gasteiger partial charge in [-0.2, -0.15) is 0 Å². The number of carbonyl (C=O) groups excluding carboxylic acids is 1. The molecule has 1 saturated heterocycles. The van der Waals surface area contributed by atoms with E-state index < -0.39 is 5.60 Å². The van der Waals surface area contributed by atoms with Crippen molar-refractivity contribution in [2.24, 2.45) is 7.05 Å². The second-order valence-electron chi connectivity index (χ2n) is 8.54. The van der Waals surface area contributed by atoms with Crippen LogP contribution in [0.1, 0.15) is 29.0 Å². The van der Waals surface area contributed by atoms with Gasteiger partial charge in [-0.1, -0.05) is 0 Å². The maximum atomic E-state index is 12.7. The molecule has 2 N–H and O–H groups in total. The summed E-state index contributed by atoms with van der Waals surface area (Å²) in [6.45, 7) is 3.55. The summed E-state index contributed by atoms with van der Waals surface area (Å²) < 4.78 is 2.00. The Bertz CT molecular complexity index is 1300. The topological polar surface area (TPSA) is 96.2 Å². The summed E-state index contributed by atoms with van der Waals surface area (Å²) in [5, 5.41) is 15.0. The number of aliphatic hydroxyl groups is 1. The van der Waals surface area contributed by atoms with E-state index in [2.05, 4.69) is 25.2 Å². The molecule has 0 aliphatic carbocycles. The molecule has 0 spiro atoms. The standard InChI is InChI=1S/C24H26N6O2/c1-16-28-20-13-17(3-4-22(20)29(16)2)23(31)27-15-24(32)7-11-30(12-8-24)21-6-10-26-19-5-9-25-14-18(19)21/h3-6,9-10,13-14,32H,7-8,11-12,15H2,1-2H3,(H,27,31). The molecule has 5 rings (SSSR count). The second-order valence-corrected chi connectivity index (χ2v) is 8.54. The van der Waals surface area contributed by atoms with Crippen molar-refractivity contribution in [1.82, 2.24) is 24.8 Å². The van der Waals surface area contributed by atoms with Crippen molar-refractivity contribution in [3.05, 3.63) is 60.3 Å². The van der Waals surface area contributed by atoms with Crippen LogP contribution in [0.3, 0.4) is 0 Å². The summed E-state index contributed by atoms with van der Waals surface area (Å²) >= 11 is 0. The van der Waals surface area contributed by atoms with E-state index in [1.54, 1.807) is 24.5 Å². The summed E-state index contributed by atoms with van der Waals surface area (Å²) in [6, 6.07) is 9.40. The van der Waals surface area contributed by atoms with Crippen molar-refractivity contribution < 1.29 is 9.90 Å². The Morgan fingerprint density at radius 1 is 1.16 bits per heavy atom. The van der Waals surface area contributed by atoms with Gasteiger partial charge < -0.3 is 19.9 Å². The molecule has 8 nitrogen and oxygen atoms in total. The lowest BCUT2D eigenvalue weighted by Gasteiger charge is -2.39. The number of fused-ring (bicyclic) bond motifs is 2. The molecule has 1 aliphatic heterocycles. The molecule has 164 valence electrons. The third-order valence-corrected chi connectivity index (χ3v) is 6.50. The van der Waals surface area contributed by atoms with Crippen molar-refractivity contribution >= 4 is 33.5 Å². The zero-order valence-corrected chi connectivity index (χ0v) is 18.2. The molecule has 0 radical (unpaired) electrons. The molecule has 3 aromatic heterocycles. The van der Waals surface area contributed by atoms with Crippen LogP contribution < -0.4 is 10.2 Å². The highest BCUT2D eigenvalue weighted by Crippen LogP contribution is 2.30. The molecule has 1 amide bonds. The molecule has 0 atom stereocenters. The summed E-state index contributed by atoms with van der Waals surface area (Å²) in [7, 11) is 1.96. The minimum Gasteiger partial charge on any atom is -0.388 e. The number of carbonyl (C=O) groups is 1. The number of nitrogens with one attached hydrogen (secondary N) is 1. The number of piperidine rings is 1. The quantitative estimate of drug-likeness (QED) is 0.517. The van der Waals surface area contributed by atoms with Crippen LogP contribution >= 0.6 is 0 Å². The number of pyridine rings is 2. The van der Waals surface area contributed by atoms with Crippen LogP contribution in [0.25, 0.3) is 21.9 Å². The molecule has 0 unspecified atom stereocenters. The molecule has 1 aliphatic rings. The predicted molar refractivity (Wildman–Crippen MR) is 124 cm³/mol. The van der Waals surface area contributed by atoms with Gasteiger partial charge in [-0.15, -0.1) is 0 Å². The van der Waals surface area contributed by atoms with E-state index in [1.807, 2.05) is 42.9 Å². The highest BCUT2D eigenvalue weighted by molar-refractivity contribution is 5.97. The molecule has 4 heterocycles. The van der Waals surface area contributed by atoms with Crippen LogP contribution in [-0.2, 0) is 7.05 Å². The Morgan fingerprint density at radius 3 is 2.78 bits per heavy atom. The molecule has 8 heteroatoms. The first-order chi connectivity index (χ1) is 15.4. The molecular formula is C24H26N6O2. The number of rotatable bonds is 4. The number of aromatic nitrogens is 4. The first-order valence-electron chi connectivity index (χ1n) is 10.8. The van der Waals surface area contributed by atoms with E-state index in [4.69, 9.17) is 0 Å². The lowest BCUT2D eigenvalue weighted by molar-refractivity contribution is 0.0166.